The lowest BCUT2D eigenvalue weighted by molar-refractivity contribution is 0.201. The van der Waals surface area contributed by atoms with Crippen molar-refractivity contribution in [2.45, 2.75) is 46.1 Å². The Balaban J connectivity index is 1.68. The van der Waals surface area contributed by atoms with Gasteiger partial charge in [-0.2, -0.15) is 0 Å². The van der Waals surface area contributed by atoms with Crippen molar-refractivity contribution in [3.8, 4) is 0 Å². The summed E-state index contributed by atoms with van der Waals surface area (Å²) in [6.07, 6.45) is 3.87. The molecule has 1 aliphatic carbocycles. The van der Waals surface area contributed by atoms with Gasteiger partial charge in [0.05, 0.1) is 0 Å². The van der Waals surface area contributed by atoms with Crippen LogP contribution in [0, 0.1) is 11.3 Å². The summed E-state index contributed by atoms with van der Waals surface area (Å²) in [5, 5.41) is 3.93. The number of rotatable bonds is 4. The molecule has 3 rings (SSSR count). The van der Waals surface area contributed by atoms with Crippen molar-refractivity contribution < 1.29 is 0 Å². The van der Waals surface area contributed by atoms with Gasteiger partial charge in [-0.05, 0) is 61.4 Å². The largest absolute Gasteiger partial charge is 0.309 e. The van der Waals surface area contributed by atoms with E-state index in [9.17, 15) is 0 Å². The minimum Gasteiger partial charge on any atom is -0.309 e. The van der Waals surface area contributed by atoms with Gasteiger partial charge in [0.25, 0.3) is 0 Å². The van der Waals surface area contributed by atoms with Gasteiger partial charge in [0, 0.05) is 12.6 Å². The number of nitrogens with zero attached hydrogens (tertiary/aromatic N) is 1. The van der Waals surface area contributed by atoms with Gasteiger partial charge < -0.3 is 10.2 Å². The van der Waals surface area contributed by atoms with Crippen molar-refractivity contribution in [3.05, 3.63) is 35.4 Å². The summed E-state index contributed by atoms with van der Waals surface area (Å²) in [5.41, 5.74) is 3.45. The summed E-state index contributed by atoms with van der Waals surface area (Å²) >= 11 is 0. The maximum Gasteiger partial charge on any atom is 0.0374 e. The van der Waals surface area contributed by atoms with Crippen LogP contribution in [0.25, 0.3) is 0 Å². The maximum absolute atomic E-state index is 3.93. The molecule has 1 N–H and O–H groups in total. The quantitative estimate of drug-likeness (QED) is 0.909. The predicted molar refractivity (Wildman–Crippen MR) is 89.5 cm³/mol. The van der Waals surface area contributed by atoms with Crippen LogP contribution in [0.15, 0.2) is 24.3 Å². The summed E-state index contributed by atoms with van der Waals surface area (Å²) < 4.78 is 0. The molecule has 2 heteroatoms. The highest BCUT2D eigenvalue weighted by molar-refractivity contribution is 5.34. The van der Waals surface area contributed by atoms with Crippen LogP contribution in [0.5, 0.6) is 0 Å². The van der Waals surface area contributed by atoms with Crippen LogP contribution < -0.4 is 5.32 Å². The SMILES string of the molecule is CCN1CCC(CNC2c3ccccc3CCC2(C)C)C1. The first-order valence-electron chi connectivity index (χ1n) is 8.63. The molecule has 1 aliphatic heterocycles. The summed E-state index contributed by atoms with van der Waals surface area (Å²) in [4.78, 5) is 2.58. The van der Waals surface area contributed by atoms with Gasteiger partial charge in [-0.1, -0.05) is 45.0 Å². The van der Waals surface area contributed by atoms with Crippen LogP contribution in [-0.4, -0.2) is 31.1 Å². The van der Waals surface area contributed by atoms with Crippen LogP contribution in [0.3, 0.4) is 0 Å². The number of hydrogen-bond donors (Lipinski definition) is 1. The maximum atomic E-state index is 3.93. The minimum atomic E-state index is 0.359. The van der Waals surface area contributed by atoms with Crippen LogP contribution in [0.4, 0.5) is 0 Å². The highest BCUT2D eigenvalue weighted by atomic mass is 15.1. The molecule has 1 aromatic carbocycles. The second kappa shape index (κ2) is 6.10. The molecule has 21 heavy (non-hydrogen) atoms. The van der Waals surface area contributed by atoms with Crippen molar-refractivity contribution in [2.24, 2.45) is 11.3 Å². The van der Waals surface area contributed by atoms with Crippen molar-refractivity contribution in [1.29, 1.82) is 0 Å². The van der Waals surface area contributed by atoms with Crippen molar-refractivity contribution in [3.63, 3.8) is 0 Å². The lowest BCUT2D eigenvalue weighted by atomic mass is 9.70. The number of benzene rings is 1. The van der Waals surface area contributed by atoms with E-state index in [1.54, 1.807) is 11.1 Å². The number of aryl methyl sites for hydroxylation is 1. The molecule has 116 valence electrons. The Kier molecular flexibility index (Phi) is 4.37. The average Bonchev–Trinajstić information content (AvgIpc) is 2.94. The zero-order valence-corrected chi connectivity index (χ0v) is 13.9. The lowest BCUT2D eigenvalue weighted by Crippen LogP contribution is -2.40. The predicted octanol–water partition coefficient (Wildman–Crippen LogP) is 3.63. The normalized spacial score (nSPS) is 28.5. The lowest BCUT2D eigenvalue weighted by Gasteiger charge is -2.41. The molecule has 0 bridgehead atoms. The zero-order valence-electron chi connectivity index (χ0n) is 13.9. The van der Waals surface area contributed by atoms with Crippen molar-refractivity contribution >= 4 is 0 Å². The monoisotopic (exact) mass is 286 g/mol. The minimum absolute atomic E-state index is 0.359. The van der Waals surface area contributed by atoms with Gasteiger partial charge in [-0.3, -0.25) is 0 Å². The van der Waals surface area contributed by atoms with Crippen molar-refractivity contribution in [1.82, 2.24) is 10.2 Å². The molecule has 0 amide bonds. The fraction of sp³-hybridized carbons (Fsp3) is 0.684. The Bertz CT molecular complexity index is 480. The molecular weight excluding hydrogens is 256 g/mol. The summed E-state index contributed by atoms with van der Waals surface area (Å²) in [7, 11) is 0. The third kappa shape index (κ3) is 3.17. The van der Waals surface area contributed by atoms with E-state index < -0.39 is 0 Å². The smallest absolute Gasteiger partial charge is 0.0374 e. The topological polar surface area (TPSA) is 15.3 Å². The number of fused-ring (bicyclic) bond motifs is 1. The Morgan fingerprint density at radius 2 is 2.10 bits per heavy atom. The van der Waals surface area contributed by atoms with Crippen LogP contribution in [0.2, 0.25) is 0 Å². The molecule has 0 aromatic heterocycles. The Morgan fingerprint density at radius 1 is 1.29 bits per heavy atom. The van der Waals surface area contributed by atoms with Gasteiger partial charge in [-0.25, -0.2) is 0 Å². The summed E-state index contributed by atoms with van der Waals surface area (Å²) in [6, 6.07) is 9.54. The Hall–Kier alpha value is -0.860. The molecule has 1 aromatic rings. The van der Waals surface area contributed by atoms with Crippen LogP contribution in [0.1, 0.15) is 50.8 Å². The van der Waals surface area contributed by atoms with E-state index in [1.165, 1.54) is 45.4 Å². The molecule has 2 nitrogen and oxygen atoms in total. The fourth-order valence-electron chi connectivity index (χ4n) is 4.10. The molecule has 2 unspecified atom stereocenters. The summed E-state index contributed by atoms with van der Waals surface area (Å²) in [5.74, 6) is 0.829. The van der Waals surface area contributed by atoms with Gasteiger partial charge in [0.1, 0.15) is 0 Å². The fourth-order valence-corrected chi connectivity index (χ4v) is 4.10. The molecule has 2 atom stereocenters. The second-order valence-corrected chi connectivity index (χ2v) is 7.58. The number of nitrogens with one attached hydrogen (secondary N) is 1. The standard InChI is InChI=1S/C19H30N2/c1-4-21-12-10-15(14-21)13-20-18-17-8-6-5-7-16(17)9-11-19(18,2)3/h5-8,15,18,20H,4,9-14H2,1-3H3. The van der Waals surface area contributed by atoms with Crippen LogP contribution in [-0.2, 0) is 6.42 Å². The van der Waals surface area contributed by atoms with E-state index >= 15 is 0 Å². The second-order valence-electron chi connectivity index (χ2n) is 7.58. The number of likely N-dealkylation sites (tertiary alicyclic amines) is 1. The van der Waals surface area contributed by atoms with Gasteiger partial charge in [0.2, 0.25) is 0 Å². The Labute approximate surface area is 129 Å². The average molecular weight is 286 g/mol. The molecule has 1 saturated heterocycles. The Morgan fingerprint density at radius 3 is 2.86 bits per heavy atom. The molecule has 2 aliphatic rings. The molecular formula is C19H30N2. The van der Waals surface area contributed by atoms with Gasteiger partial charge >= 0.3 is 0 Å². The van der Waals surface area contributed by atoms with E-state index in [0.29, 0.717) is 11.5 Å². The molecule has 0 saturated carbocycles. The molecule has 1 fully saturated rings. The van der Waals surface area contributed by atoms with E-state index in [0.717, 1.165) is 5.92 Å². The first kappa shape index (κ1) is 15.1. The number of hydrogen-bond acceptors (Lipinski definition) is 2. The molecule has 0 spiro atoms. The van der Waals surface area contributed by atoms with E-state index in [4.69, 9.17) is 0 Å². The van der Waals surface area contributed by atoms with E-state index in [2.05, 4.69) is 55.3 Å². The highest BCUT2D eigenvalue weighted by Gasteiger charge is 2.36. The van der Waals surface area contributed by atoms with Gasteiger partial charge in [0.15, 0.2) is 0 Å². The van der Waals surface area contributed by atoms with Gasteiger partial charge in [-0.15, -0.1) is 0 Å². The first-order chi connectivity index (χ1) is 10.1. The van der Waals surface area contributed by atoms with Crippen LogP contribution >= 0.6 is 0 Å². The third-order valence-corrected chi connectivity index (χ3v) is 5.61. The van der Waals surface area contributed by atoms with E-state index in [1.807, 2.05) is 0 Å². The third-order valence-electron chi connectivity index (χ3n) is 5.61. The summed E-state index contributed by atoms with van der Waals surface area (Å²) in [6.45, 7) is 12.1. The zero-order chi connectivity index (χ0) is 14.9. The highest BCUT2D eigenvalue weighted by Crippen LogP contribution is 2.43. The molecule has 0 radical (unpaired) electrons. The van der Waals surface area contributed by atoms with E-state index in [-0.39, 0.29) is 0 Å². The first-order valence-corrected chi connectivity index (χ1v) is 8.63. The van der Waals surface area contributed by atoms with Crippen molar-refractivity contribution in [2.75, 3.05) is 26.2 Å². The molecule has 1 heterocycles.